The topological polar surface area (TPSA) is 39.1 Å². The lowest BCUT2D eigenvalue weighted by Gasteiger charge is -2.23. The van der Waals surface area contributed by atoms with Crippen LogP contribution in [-0.2, 0) is 6.54 Å². The first-order chi connectivity index (χ1) is 10.1. The maximum atomic E-state index is 5.22. The molecule has 1 heterocycles. The predicted molar refractivity (Wildman–Crippen MR) is 85.5 cm³/mol. The van der Waals surface area contributed by atoms with Gasteiger partial charge in [-0.3, -0.25) is 0 Å². The second-order valence-electron chi connectivity index (χ2n) is 5.62. The molecule has 0 spiro atoms. The van der Waals surface area contributed by atoms with E-state index in [0.717, 1.165) is 24.7 Å². The van der Waals surface area contributed by atoms with Crippen LogP contribution in [-0.4, -0.2) is 23.2 Å². The van der Waals surface area contributed by atoms with E-state index in [0.29, 0.717) is 12.0 Å². The Morgan fingerprint density at radius 1 is 1.24 bits per heavy atom. The normalized spacial score (nSPS) is 12.6. The summed E-state index contributed by atoms with van der Waals surface area (Å²) in [5, 5.41) is 3.65. The van der Waals surface area contributed by atoms with Gasteiger partial charge in [-0.1, -0.05) is 26.0 Å². The highest BCUT2D eigenvalue weighted by molar-refractivity contribution is 5.29. The fourth-order valence-corrected chi connectivity index (χ4v) is 2.53. The van der Waals surface area contributed by atoms with E-state index in [4.69, 9.17) is 4.74 Å². The first-order valence-electron chi connectivity index (χ1n) is 7.47. The Balaban J connectivity index is 1.97. The van der Waals surface area contributed by atoms with Crippen molar-refractivity contribution in [2.45, 2.75) is 33.4 Å². The molecule has 0 fully saturated rings. The zero-order chi connectivity index (χ0) is 15.2. The van der Waals surface area contributed by atoms with E-state index >= 15 is 0 Å². The molecule has 1 N–H and O–H groups in total. The highest BCUT2D eigenvalue weighted by Crippen LogP contribution is 2.23. The monoisotopic (exact) mass is 287 g/mol. The Labute approximate surface area is 127 Å². The van der Waals surface area contributed by atoms with E-state index in [-0.39, 0.29) is 0 Å². The van der Waals surface area contributed by atoms with Crippen LogP contribution in [0.4, 0.5) is 0 Å². The number of methoxy groups -OCH3 is 1. The standard InChI is InChI=1S/C17H25N3O/c1-13(2)17(15-5-7-16(21-4)8-6-15)19-10-12-20-11-9-18-14(20)3/h5-9,11,13,17,19H,10,12H2,1-4H3. The van der Waals surface area contributed by atoms with Gasteiger partial charge >= 0.3 is 0 Å². The lowest BCUT2D eigenvalue weighted by atomic mass is 9.96. The molecule has 2 rings (SSSR count). The van der Waals surface area contributed by atoms with Crippen LogP contribution in [0, 0.1) is 12.8 Å². The van der Waals surface area contributed by atoms with E-state index in [2.05, 4.69) is 40.8 Å². The van der Waals surface area contributed by atoms with Crippen molar-refractivity contribution in [1.82, 2.24) is 14.9 Å². The fraction of sp³-hybridized carbons (Fsp3) is 0.471. The number of nitrogens with zero attached hydrogens (tertiary/aromatic N) is 2. The largest absolute Gasteiger partial charge is 0.497 e. The summed E-state index contributed by atoms with van der Waals surface area (Å²) in [5.41, 5.74) is 1.30. The van der Waals surface area contributed by atoms with E-state index in [1.54, 1.807) is 7.11 Å². The second-order valence-corrected chi connectivity index (χ2v) is 5.62. The quantitative estimate of drug-likeness (QED) is 0.850. The van der Waals surface area contributed by atoms with Gasteiger partial charge in [0, 0.05) is 31.5 Å². The molecule has 1 atom stereocenters. The van der Waals surface area contributed by atoms with E-state index < -0.39 is 0 Å². The van der Waals surface area contributed by atoms with Gasteiger partial charge in [0.25, 0.3) is 0 Å². The number of aryl methyl sites for hydroxylation is 1. The van der Waals surface area contributed by atoms with Gasteiger partial charge in [-0.05, 0) is 30.5 Å². The average molecular weight is 287 g/mol. The number of ether oxygens (including phenoxy) is 1. The summed E-state index contributed by atoms with van der Waals surface area (Å²) in [5.74, 6) is 2.49. The summed E-state index contributed by atoms with van der Waals surface area (Å²) in [4.78, 5) is 4.25. The Hall–Kier alpha value is -1.81. The molecule has 1 aromatic heterocycles. The summed E-state index contributed by atoms with van der Waals surface area (Å²) < 4.78 is 7.39. The third kappa shape index (κ3) is 4.08. The molecule has 0 amide bonds. The molecule has 0 bridgehead atoms. The fourth-order valence-electron chi connectivity index (χ4n) is 2.53. The molecular weight excluding hydrogens is 262 g/mol. The Morgan fingerprint density at radius 3 is 2.48 bits per heavy atom. The van der Waals surface area contributed by atoms with Crippen LogP contribution < -0.4 is 10.1 Å². The van der Waals surface area contributed by atoms with Crippen molar-refractivity contribution in [3.63, 3.8) is 0 Å². The van der Waals surface area contributed by atoms with Crippen molar-refractivity contribution in [1.29, 1.82) is 0 Å². The van der Waals surface area contributed by atoms with Crippen molar-refractivity contribution in [3.8, 4) is 5.75 Å². The molecule has 0 aliphatic carbocycles. The maximum absolute atomic E-state index is 5.22. The molecule has 0 saturated heterocycles. The molecule has 1 aromatic carbocycles. The van der Waals surface area contributed by atoms with Crippen LogP contribution >= 0.6 is 0 Å². The molecule has 0 aliphatic rings. The molecule has 114 valence electrons. The van der Waals surface area contributed by atoms with Gasteiger partial charge in [0.15, 0.2) is 0 Å². The Morgan fingerprint density at radius 2 is 1.95 bits per heavy atom. The third-order valence-electron chi connectivity index (χ3n) is 3.78. The van der Waals surface area contributed by atoms with Crippen LogP contribution in [0.2, 0.25) is 0 Å². The number of nitrogens with one attached hydrogen (secondary N) is 1. The van der Waals surface area contributed by atoms with E-state index in [1.165, 1.54) is 5.56 Å². The molecule has 21 heavy (non-hydrogen) atoms. The molecule has 0 saturated carbocycles. The first-order valence-corrected chi connectivity index (χ1v) is 7.47. The third-order valence-corrected chi connectivity index (χ3v) is 3.78. The van der Waals surface area contributed by atoms with Gasteiger partial charge in [-0.15, -0.1) is 0 Å². The molecule has 4 heteroatoms. The summed E-state index contributed by atoms with van der Waals surface area (Å²) >= 11 is 0. The lowest BCUT2D eigenvalue weighted by molar-refractivity contribution is 0.398. The zero-order valence-electron chi connectivity index (χ0n) is 13.3. The minimum absolute atomic E-state index is 0.347. The zero-order valence-corrected chi connectivity index (χ0v) is 13.3. The van der Waals surface area contributed by atoms with Crippen LogP contribution in [0.5, 0.6) is 5.75 Å². The van der Waals surface area contributed by atoms with Gasteiger partial charge in [0.1, 0.15) is 11.6 Å². The van der Waals surface area contributed by atoms with Crippen LogP contribution in [0.15, 0.2) is 36.7 Å². The number of benzene rings is 1. The van der Waals surface area contributed by atoms with Crippen LogP contribution in [0.25, 0.3) is 0 Å². The number of imidazole rings is 1. The summed E-state index contributed by atoms with van der Waals surface area (Å²) in [6.45, 7) is 8.37. The maximum Gasteiger partial charge on any atom is 0.118 e. The van der Waals surface area contributed by atoms with Crippen molar-refractivity contribution >= 4 is 0 Å². The molecule has 1 unspecified atom stereocenters. The van der Waals surface area contributed by atoms with Gasteiger partial charge in [0.2, 0.25) is 0 Å². The van der Waals surface area contributed by atoms with Crippen LogP contribution in [0.3, 0.4) is 0 Å². The number of hydrogen-bond acceptors (Lipinski definition) is 3. The van der Waals surface area contributed by atoms with Gasteiger partial charge in [-0.25, -0.2) is 4.98 Å². The van der Waals surface area contributed by atoms with Crippen molar-refractivity contribution < 1.29 is 4.74 Å². The first kappa shape index (κ1) is 15.6. The SMILES string of the molecule is COc1ccc(C(NCCn2ccnc2C)C(C)C)cc1. The average Bonchev–Trinajstić information content (AvgIpc) is 2.89. The predicted octanol–water partition coefficient (Wildman–Crippen LogP) is 3.19. The Bertz CT molecular complexity index is 545. The molecular formula is C17H25N3O. The second kappa shape index (κ2) is 7.27. The summed E-state index contributed by atoms with van der Waals surface area (Å²) in [7, 11) is 1.70. The smallest absolute Gasteiger partial charge is 0.118 e. The lowest BCUT2D eigenvalue weighted by Crippen LogP contribution is -2.29. The minimum atomic E-state index is 0.347. The number of rotatable bonds is 7. The summed E-state index contributed by atoms with van der Waals surface area (Å²) in [6, 6.07) is 8.66. The van der Waals surface area contributed by atoms with E-state index in [9.17, 15) is 0 Å². The molecule has 2 aromatic rings. The highest BCUT2D eigenvalue weighted by atomic mass is 16.5. The van der Waals surface area contributed by atoms with Crippen LogP contribution in [0.1, 0.15) is 31.3 Å². The highest BCUT2D eigenvalue weighted by Gasteiger charge is 2.15. The minimum Gasteiger partial charge on any atom is -0.497 e. The van der Waals surface area contributed by atoms with Gasteiger partial charge in [0.05, 0.1) is 7.11 Å². The van der Waals surface area contributed by atoms with Crippen molar-refractivity contribution in [2.75, 3.05) is 13.7 Å². The molecule has 0 aliphatic heterocycles. The molecule has 4 nitrogen and oxygen atoms in total. The van der Waals surface area contributed by atoms with Crippen molar-refractivity contribution in [3.05, 3.63) is 48.0 Å². The van der Waals surface area contributed by atoms with Gasteiger partial charge in [-0.2, -0.15) is 0 Å². The van der Waals surface area contributed by atoms with E-state index in [1.807, 2.05) is 31.5 Å². The summed E-state index contributed by atoms with van der Waals surface area (Å²) in [6.07, 6.45) is 3.87. The molecule has 0 radical (unpaired) electrons. The van der Waals surface area contributed by atoms with Gasteiger partial charge < -0.3 is 14.6 Å². The number of aromatic nitrogens is 2. The Kier molecular flexibility index (Phi) is 5.39. The number of hydrogen-bond donors (Lipinski definition) is 1. The van der Waals surface area contributed by atoms with Crippen molar-refractivity contribution in [2.24, 2.45) is 5.92 Å².